The van der Waals surface area contributed by atoms with Gasteiger partial charge in [-0.3, -0.25) is 4.79 Å². The van der Waals surface area contributed by atoms with Gasteiger partial charge >= 0.3 is 0 Å². The quantitative estimate of drug-likeness (QED) is 0.678. The molecule has 0 aromatic carbocycles. The predicted octanol–water partition coefficient (Wildman–Crippen LogP) is 1.71. The Bertz CT molecular complexity index is 297. The molecule has 0 N–H and O–H groups in total. The number of hydrogen-bond donors (Lipinski definition) is 0. The molecule has 0 bridgehead atoms. The minimum atomic E-state index is 0.0370. The van der Waals surface area contributed by atoms with Crippen LogP contribution in [0, 0.1) is 0 Å². The second-order valence-corrected chi connectivity index (χ2v) is 3.25. The van der Waals surface area contributed by atoms with Crippen LogP contribution in [0.5, 0.6) is 0 Å². The second-order valence-electron chi connectivity index (χ2n) is 2.86. The molecular weight excluding hydrogens is 188 g/mol. The summed E-state index contributed by atoms with van der Waals surface area (Å²) in [5, 5.41) is 0.467. The van der Waals surface area contributed by atoms with E-state index in [0.717, 1.165) is 5.56 Å². The number of carbonyl (C=O) groups is 1. The molecule has 0 saturated carbocycles. The highest BCUT2D eigenvalue weighted by Gasteiger charge is 2.02. The molecule has 0 spiro atoms. The Morgan fingerprint density at radius 1 is 1.62 bits per heavy atom. The third-order valence-electron chi connectivity index (χ3n) is 1.75. The number of halogens is 1. The Kier molecular flexibility index (Phi) is 3.25. The molecule has 0 atom stereocenters. The summed E-state index contributed by atoms with van der Waals surface area (Å²) in [6.45, 7) is 2.10. The van der Waals surface area contributed by atoms with Gasteiger partial charge in [-0.1, -0.05) is 17.7 Å². The van der Waals surface area contributed by atoms with E-state index < -0.39 is 0 Å². The SMILES string of the molecule is CC(=O)N(C)Cc1ccc(Cl)nc1. The van der Waals surface area contributed by atoms with Crippen molar-refractivity contribution in [3.8, 4) is 0 Å². The number of hydrogen-bond acceptors (Lipinski definition) is 2. The second kappa shape index (κ2) is 4.23. The Balaban J connectivity index is 2.64. The van der Waals surface area contributed by atoms with Gasteiger partial charge in [0, 0.05) is 26.7 Å². The molecule has 0 radical (unpaired) electrons. The first-order valence-corrected chi connectivity index (χ1v) is 4.29. The highest BCUT2D eigenvalue weighted by Crippen LogP contribution is 2.06. The van der Waals surface area contributed by atoms with Gasteiger partial charge in [0.25, 0.3) is 0 Å². The summed E-state index contributed by atoms with van der Waals surface area (Å²) in [6.07, 6.45) is 1.67. The number of pyridine rings is 1. The first kappa shape index (κ1) is 9.99. The topological polar surface area (TPSA) is 33.2 Å². The summed E-state index contributed by atoms with van der Waals surface area (Å²) in [4.78, 5) is 16.4. The highest BCUT2D eigenvalue weighted by molar-refractivity contribution is 6.29. The molecule has 0 aliphatic heterocycles. The van der Waals surface area contributed by atoms with Gasteiger partial charge in [0.15, 0.2) is 0 Å². The molecule has 4 heteroatoms. The molecule has 0 aliphatic rings. The van der Waals surface area contributed by atoms with E-state index in [0.29, 0.717) is 11.7 Å². The molecule has 0 unspecified atom stereocenters. The summed E-state index contributed by atoms with van der Waals surface area (Å²) in [5.41, 5.74) is 0.974. The molecule has 3 nitrogen and oxygen atoms in total. The van der Waals surface area contributed by atoms with Crippen molar-refractivity contribution in [2.24, 2.45) is 0 Å². The third-order valence-corrected chi connectivity index (χ3v) is 1.97. The summed E-state index contributed by atoms with van der Waals surface area (Å²) < 4.78 is 0. The zero-order valence-corrected chi connectivity index (χ0v) is 8.38. The van der Waals surface area contributed by atoms with Crippen molar-refractivity contribution in [3.63, 3.8) is 0 Å². The van der Waals surface area contributed by atoms with Crippen molar-refractivity contribution >= 4 is 17.5 Å². The van der Waals surface area contributed by atoms with Gasteiger partial charge in [0.1, 0.15) is 5.15 Å². The number of amides is 1. The van der Waals surface area contributed by atoms with E-state index in [1.807, 2.05) is 6.07 Å². The molecule has 70 valence electrons. The minimum absolute atomic E-state index is 0.0370. The molecular formula is C9H11ClN2O. The molecule has 1 aromatic heterocycles. The van der Waals surface area contributed by atoms with Gasteiger partial charge in [-0.25, -0.2) is 4.98 Å². The van der Waals surface area contributed by atoms with E-state index in [1.54, 1.807) is 24.2 Å². The van der Waals surface area contributed by atoms with Crippen molar-refractivity contribution in [2.75, 3.05) is 7.05 Å². The van der Waals surface area contributed by atoms with E-state index >= 15 is 0 Å². The third kappa shape index (κ3) is 3.03. The van der Waals surface area contributed by atoms with Crippen LogP contribution in [-0.2, 0) is 11.3 Å². The summed E-state index contributed by atoms with van der Waals surface area (Å²) in [7, 11) is 1.75. The fourth-order valence-electron chi connectivity index (χ4n) is 0.885. The molecule has 1 amide bonds. The lowest BCUT2D eigenvalue weighted by atomic mass is 10.3. The van der Waals surface area contributed by atoms with Crippen LogP contribution in [0.3, 0.4) is 0 Å². The summed E-state index contributed by atoms with van der Waals surface area (Å²) in [5.74, 6) is 0.0370. The Morgan fingerprint density at radius 2 is 2.31 bits per heavy atom. The van der Waals surface area contributed by atoms with E-state index in [-0.39, 0.29) is 5.91 Å². The largest absolute Gasteiger partial charge is 0.342 e. The zero-order chi connectivity index (χ0) is 9.84. The van der Waals surface area contributed by atoms with Crippen molar-refractivity contribution < 1.29 is 4.79 Å². The van der Waals surface area contributed by atoms with Gasteiger partial charge in [0.2, 0.25) is 5.91 Å². The van der Waals surface area contributed by atoms with Gasteiger partial charge in [0.05, 0.1) is 0 Å². The van der Waals surface area contributed by atoms with Gasteiger partial charge in [-0.2, -0.15) is 0 Å². The lowest BCUT2D eigenvalue weighted by Gasteiger charge is -2.13. The minimum Gasteiger partial charge on any atom is -0.342 e. The van der Waals surface area contributed by atoms with Gasteiger partial charge in [-0.05, 0) is 11.6 Å². The maximum atomic E-state index is 10.9. The van der Waals surface area contributed by atoms with Crippen LogP contribution >= 0.6 is 11.6 Å². The zero-order valence-electron chi connectivity index (χ0n) is 7.62. The molecule has 0 fully saturated rings. The molecule has 0 saturated heterocycles. The standard InChI is InChI=1S/C9H11ClN2O/c1-7(13)12(2)6-8-3-4-9(10)11-5-8/h3-5H,6H2,1-2H3. The van der Waals surface area contributed by atoms with Crippen LogP contribution in [0.15, 0.2) is 18.3 Å². The molecule has 1 rings (SSSR count). The lowest BCUT2D eigenvalue weighted by molar-refractivity contribution is -0.128. The number of nitrogens with zero attached hydrogens (tertiary/aromatic N) is 2. The predicted molar refractivity (Wildman–Crippen MR) is 51.4 cm³/mol. The van der Waals surface area contributed by atoms with Crippen LogP contribution in [0.4, 0.5) is 0 Å². The van der Waals surface area contributed by atoms with Crippen LogP contribution < -0.4 is 0 Å². The molecule has 1 heterocycles. The van der Waals surface area contributed by atoms with E-state index in [2.05, 4.69) is 4.98 Å². The van der Waals surface area contributed by atoms with Crippen molar-refractivity contribution in [2.45, 2.75) is 13.5 Å². The number of rotatable bonds is 2. The highest BCUT2D eigenvalue weighted by atomic mass is 35.5. The average molecular weight is 199 g/mol. The Morgan fingerprint density at radius 3 is 2.77 bits per heavy atom. The maximum absolute atomic E-state index is 10.9. The van der Waals surface area contributed by atoms with Gasteiger partial charge < -0.3 is 4.90 Å². The first-order chi connectivity index (χ1) is 6.09. The van der Waals surface area contributed by atoms with Gasteiger partial charge in [-0.15, -0.1) is 0 Å². The molecule has 0 aliphatic carbocycles. The summed E-state index contributed by atoms with van der Waals surface area (Å²) in [6, 6.07) is 3.57. The number of carbonyl (C=O) groups excluding carboxylic acids is 1. The maximum Gasteiger partial charge on any atom is 0.219 e. The van der Waals surface area contributed by atoms with Crippen LogP contribution in [0.25, 0.3) is 0 Å². The van der Waals surface area contributed by atoms with E-state index in [4.69, 9.17) is 11.6 Å². The van der Waals surface area contributed by atoms with Crippen LogP contribution in [0.2, 0.25) is 5.15 Å². The van der Waals surface area contributed by atoms with Crippen molar-refractivity contribution in [1.82, 2.24) is 9.88 Å². The normalized spacial score (nSPS) is 9.77. The van der Waals surface area contributed by atoms with Crippen LogP contribution in [0.1, 0.15) is 12.5 Å². The van der Waals surface area contributed by atoms with Crippen molar-refractivity contribution in [3.05, 3.63) is 29.0 Å². The van der Waals surface area contributed by atoms with Crippen molar-refractivity contribution in [1.29, 1.82) is 0 Å². The fourth-order valence-corrected chi connectivity index (χ4v) is 0.997. The first-order valence-electron chi connectivity index (χ1n) is 3.91. The lowest BCUT2D eigenvalue weighted by Crippen LogP contribution is -2.22. The monoisotopic (exact) mass is 198 g/mol. The molecule has 1 aromatic rings. The Labute approximate surface area is 82.3 Å². The average Bonchev–Trinajstić information content (AvgIpc) is 2.08. The smallest absolute Gasteiger partial charge is 0.219 e. The number of aromatic nitrogens is 1. The molecule has 13 heavy (non-hydrogen) atoms. The fraction of sp³-hybridized carbons (Fsp3) is 0.333. The van der Waals surface area contributed by atoms with E-state index in [1.165, 1.54) is 6.92 Å². The summed E-state index contributed by atoms with van der Waals surface area (Å²) >= 11 is 5.62. The Hall–Kier alpha value is -1.09. The van der Waals surface area contributed by atoms with Crippen LogP contribution in [-0.4, -0.2) is 22.8 Å². The van der Waals surface area contributed by atoms with E-state index in [9.17, 15) is 4.79 Å².